The topological polar surface area (TPSA) is 21.3 Å². The first kappa shape index (κ1) is 12.4. The molecule has 0 aliphatic carbocycles. The van der Waals surface area contributed by atoms with Gasteiger partial charge in [0.1, 0.15) is 5.75 Å². The summed E-state index contributed by atoms with van der Waals surface area (Å²) < 4.78 is 5.38. The van der Waals surface area contributed by atoms with Crippen LogP contribution in [-0.4, -0.2) is 26.0 Å². The van der Waals surface area contributed by atoms with Gasteiger partial charge in [0, 0.05) is 4.90 Å². The summed E-state index contributed by atoms with van der Waals surface area (Å²) in [5, 5.41) is 3.15. The van der Waals surface area contributed by atoms with Crippen LogP contribution in [0.5, 0.6) is 5.75 Å². The number of ether oxygens (including phenoxy) is 1. The lowest BCUT2D eigenvalue weighted by Crippen LogP contribution is -2.07. The monoisotopic (exact) mass is 225 g/mol. The summed E-state index contributed by atoms with van der Waals surface area (Å²) in [7, 11) is 1.99. The second kappa shape index (κ2) is 7.60. The second-order valence-electron chi connectivity index (χ2n) is 3.21. The van der Waals surface area contributed by atoms with Crippen molar-refractivity contribution >= 4 is 11.8 Å². The molecule has 0 atom stereocenters. The molecule has 3 heteroatoms. The van der Waals surface area contributed by atoms with Gasteiger partial charge in [-0.15, -0.1) is 11.8 Å². The Morgan fingerprint density at radius 2 is 2.00 bits per heavy atom. The van der Waals surface area contributed by atoms with Crippen LogP contribution in [-0.2, 0) is 0 Å². The van der Waals surface area contributed by atoms with E-state index < -0.39 is 0 Å². The van der Waals surface area contributed by atoms with Gasteiger partial charge in [0.2, 0.25) is 0 Å². The van der Waals surface area contributed by atoms with E-state index in [4.69, 9.17) is 4.74 Å². The molecule has 0 aliphatic rings. The van der Waals surface area contributed by atoms with Gasteiger partial charge in [0.05, 0.1) is 6.61 Å². The van der Waals surface area contributed by atoms with Gasteiger partial charge in [0.15, 0.2) is 0 Å². The molecule has 1 rings (SSSR count). The molecule has 84 valence electrons. The molecule has 1 aromatic carbocycles. The van der Waals surface area contributed by atoms with Crippen molar-refractivity contribution in [3.05, 3.63) is 24.3 Å². The van der Waals surface area contributed by atoms with Crippen LogP contribution in [0.25, 0.3) is 0 Å². The first-order chi connectivity index (χ1) is 7.36. The van der Waals surface area contributed by atoms with Gasteiger partial charge in [-0.05, 0) is 57.0 Å². The smallest absolute Gasteiger partial charge is 0.119 e. The molecular formula is C12H19NOS. The van der Waals surface area contributed by atoms with Crippen molar-refractivity contribution in [3.63, 3.8) is 0 Å². The first-order valence-electron chi connectivity index (χ1n) is 5.37. The lowest BCUT2D eigenvalue weighted by Gasteiger charge is -2.04. The van der Waals surface area contributed by atoms with Gasteiger partial charge in [-0.3, -0.25) is 0 Å². The molecule has 0 fully saturated rings. The number of benzene rings is 1. The summed E-state index contributed by atoms with van der Waals surface area (Å²) >= 11 is 1.89. The van der Waals surface area contributed by atoms with Crippen LogP contribution in [0.2, 0.25) is 0 Å². The molecule has 0 bridgehead atoms. The lowest BCUT2D eigenvalue weighted by atomic mass is 10.3. The van der Waals surface area contributed by atoms with Crippen molar-refractivity contribution in [1.29, 1.82) is 0 Å². The maximum Gasteiger partial charge on any atom is 0.119 e. The van der Waals surface area contributed by atoms with Gasteiger partial charge in [-0.1, -0.05) is 0 Å². The third-order valence-corrected chi connectivity index (χ3v) is 3.07. The van der Waals surface area contributed by atoms with Crippen molar-refractivity contribution in [1.82, 2.24) is 5.32 Å². The standard InChI is InChI=1S/C12H19NOS/c1-3-14-11-5-7-12(8-6-11)15-10-4-9-13-2/h5-8,13H,3-4,9-10H2,1-2H3. The van der Waals surface area contributed by atoms with Gasteiger partial charge in [0.25, 0.3) is 0 Å². The highest BCUT2D eigenvalue weighted by molar-refractivity contribution is 7.99. The third kappa shape index (κ3) is 5.09. The quantitative estimate of drug-likeness (QED) is 0.569. The Morgan fingerprint density at radius 3 is 2.60 bits per heavy atom. The van der Waals surface area contributed by atoms with Gasteiger partial charge in [-0.25, -0.2) is 0 Å². The Kier molecular flexibility index (Phi) is 6.28. The Bertz CT molecular complexity index is 261. The molecular weight excluding hydrogens is 206 g/mol. The summed E-state index contributed by atoms with van der Waals surface area (Å²) in [6.45, 7) is 3.82. The molecule has 0 amide bonds. The minimum Gasteiger partial charge on any atom is -0.494 e. The van der Waals surface area contributed by atoms with E-state index in [0.29, 0.717) is 0 Å². The summed E-state index contributed by atoms with van der Waals surface area (Å²) in [4.78, 5) is 1.31. The fourth-order valence-corrected chi connectivity index (χ4v) is 2.09. The van der Waals surface area contributed by atoms with E-state index in [-0.39, 0.29) is 0 Å². The van der Waals surface area contributed by atoms with E-state index in [2.05, 4.69) is 17.4 Å². The van der Waals surface area contributed by atoms with Crippen molar-refractivity contribution in [2.45, 2.75) is 18.2 Å². The van der Waals surface area contributed by atoms with Crippen LogP contribution in [0.15, 0.2) is 29.2 Å². The molecule has 0 unspecified atom stereocenters. The minimum atomic E-state index is 0.731. The van der Waals surface area contributed by atoms with Crippen LogP contribution in [0.3, 0.4) is 0 Å². The zero-order valence-electron chi connectivity index (χ0n) is 9.45. The SMILES string of the molecule is CCOc1ccc(SCCCNC)cc1. The van der Waals surface area contributed by atoms with Crippen molar-refractivity contribution in [3.8, 4) is 5.75 Å². The van der Waals surface area contributed by atoms with Crippen LogP contribution in [0, 0.1) is 0 Å². The van der Waals surface area contributed by atoms with Crippen molar-refractivity contribution < 1.29 is 4.74 Å². The summed E-state index contributed by atoms with van der Waals surface area (Å²) in [5.74, 6) is 2.12. The highest BCUT2D eigenvalue weighted by atomic mass is 32.2. The van der Waals surface area contributed by atoms with Crippen LogP contribution >= 0.6 is 11.8 Å². The zero-order chi connectivity index (χ0) is 10.9. The predicted octanol–water partition coefficient (Wildman–Crippen LogP) is 2.79. The van der Waals surface area contributed by atoms with E-state index in [1.807, 2.05) is 37.9 Å². The zero-order valence-corrected chi connectivity index (χ0v) is 10.3. The van der Waals surface area contributed by atoms with Gasteiger partial charge < -0.3 is 10.1 Å². The number of nitrogens with one attached hydrogen (secondary N) is 1. The van der Waals surface area contributed by atoms with Gasteiger partial charge in [-0.2, -0.15) is 0 Å². The molecule has 0 heterocycles. The van der Waals surface area contributed by atoms with Crippen LogP contribution in [0.1, 0.15) is 13.3 Å². The molecule has 0 aliphatic heterocycles. The molecule has 15 heavy (non-hydrogen) atoms. The normalized spacial score (nSPS) is 10.3. The first-order valence-corrected chi connectivity index (χ1v) is 6.35. The van der Waals surface area contributed by atoms with E-state index in [1.54, 1.807) is 0 Å². The predicted molar refractivity (Wildman–Crippen MR) is 66.9 cm³/mol. The molecule has 1 aromatic rings. The molecule has 0 radical (unpaired) electrons. The Labute approximate surface area is 96.4 Å². The van der Waals surface area contributed by atoms with E-state index >= 15 is 0 Å². The molecule has 2 nitrogen and oxygen atoms in total. The Balaban J connectivity index is 2.29. The molecule has 1 N–H and O–H groups in total. The van der Waals surface area contributed by atoms with Crippen LogP contribution in [0.4, 0.5) is 0 Å². The Hall–Kier alpha value is -0.670. The minimum absolute atomic E-state index is 0.731. The van der Waals surface area contributed by atoms with Gasteiger partial charge >= 0.3 is 0 Å². The third-order valence-electron chi connectivity index (χ3n) is 1.97. The van der Waals surface area contributed by atoms with E-state index in [1.165, 1.54) is 11.3 Å². The van der Waals surface area contributed by atoms with E-state index in [0.717, 1.165) is 24.7 Å². The highest BCUT2D eigenvalue weighted by Crippen LogP contribution is 2.21. The Morgan fingerprint density at radius 1 is 1.27 bits per heavy atom. The number of hydrogen-bond donors (Lipinski definition) is 1. The average molecular weight is 225 g/mol. The second-order valence-corrected chi connectivity index (χ2v) is 4.38. The van der Waals surface area contributed by atoms with E-state index in [9.17, 15) is 0 Å². The lowest BCUT2D eigenvalue weighted by molar-refractivity contribution is 0.340. The molecule has 0 aromatic heterocycles. The van der Waals surface area contributed by atoms with Crippen molar-refractivity contribution in [2.75, 3.05) is 26.0 Å². The fraction of sp³-hybridized carbons (Fsp3) is 0.500. The number of hydrogen-bond acceptors (Lipinski definition) is 3. The van der Waals surface area contributed by atoms with Crippen molar-refractivity contribution in [2.24, 2.45) is 0 Å². The molecule has 0 spiro atoms. The molecule has 0 saturated carbocycles. The maximum absolute atomic E-state index is 5.38. The number of rotatable bonds is 7. The maximum atomic E-state index is 5.38. The van der Waals surface area contributed by atoms with Crippen LogP contribution < -0.4 is 10.1 Å². The molecule has 0 saturated heterocycles. The highest BCUT2D eigenvalue weighted by Gasteiger charge is 1.95. The number of thioether (sulfide) groups is 1. The summed E-state index contributed by atoms with van der Waals surface area (Å²) in [6.07, 6.45) is 1.20. The fourth-order valence-electron chi connectivity index (χ4n) is 1.24. The largest absolute Gasteiger partial charge is 0.494 e. The summed E-state index contributed by atoms with van der Waals surface area (Å²) in [5.41, 5.74) is 0. The summed E-state index contributed by atoms with van der Waals surface area (Å²) in [6, 6.07) is 8.30. The average Bonchev–Trinajstić information content (AvgIpc) is 2.27.